The number of rotatable bonds is 6. The summed E-state index contributed by atoms with van der Waals surface area (Å²) in [5.74, 6) is 5.94. The molecule has 1 aliphatic rings. The third-order valence-corrected chi connectivity index (χ3v) is 3.34. The second-order valence-corrected chi connectivity index (χ2v) is 4.79. The van der Waals surface area contributed by atoms with Crippen LogP contribution in [0.25, 0.3) is 0 Å². The van der Waals surface area contributed by atoms with E-state index in [1.165, 1.54) is 12.8 Å². The van der Waals surface area contributed by atoms with Crippen LogP contribution in [0.4, 0.5) is 5.82 Å². The molecule has 0 aliphatic heterocycles. The van der Waals surface area contributed by atoms with E-state index in [1.807, 2.05) is 0 Å². The lowest BCUT2D eigenvalue weighted by Gasteiger charge is -2.20. The minimum atomic E-state index is 0.531. The number of anilines is 1. The molecule has 1 saturated carbocycles. The highest BCUT2D eigenvalue weighted by Gasteiger charge is 2.29. The van der Waals surface area contributed by atoms with Crippen LogP contribution in [0.5, 0.6) is 0 Å². The van der Waals surface area contributed by atoms with E-state index in [2.05, 4.69) is 21.4 Å². The molecule has 3 N–H and O–H groups in total. The summed E-state index contributed by atoms with van der Waals surface area (Å²) in [5.41, 5.74) is 3.32. The van der Waals surface area contributed by atoms with Crippen LogP contribution < -0.4 is 11.3 Å². The minimum absolute atomic E-state index is 0.531. The van der Waals surface area contributed by atoms with E-state index >= 15 is 0 Å². The quantitative estimate of drug-likeness (QED) is 0.607. The lowest BCUT2D eigenvalue weighted by atomic mass is 10.3. The van der Waals surface area contributed by atoms with Crippen LogP contribution >= 0.6 is 11.6 Å². The predicted octanol–water partition coefficient (Wildman–Crippen LogP) is 1.90. The van der Waals surface area contributed by atoms with Crippen molar-refractivity contribution in [3.05, 3.63) is 22.8 Å². The molecule has 2 rings (SSSR count). The molecule has 0 atom stereocenters. The van der Waals surface area contributed by atoms with Crippen molar-refractivity contribution in [3.8, 4) is 6.07 Å². The van der Waals surface area contributed by atoms with Gasteiger partial charge in [-0.3, -0.25) is 4.90 Å². The molecule has 1 aromatic rings. The number of hydrogen-bond donors (Lipinski definition) is 2. The Bertz CT molecular complexity index is 452. The number of nitrogens with two attached hydrogens (primary N) is 1. The normalized spacial score (nSPS) is 14.6. The summed E-state index contributed by atoms with van der Waals surface area (Å²) in [6.07, 6.45) is 2.92. The number of nitriles is 1. The van der Waals surface area contributed by atoms with E-state index in [4.69, 9.17) is 22.7 Å². The molecule has 0 aromatic carbocycles. The van der Waals surface area contributed by atoms with Gasteiger partial charge in [-0.15, -0.1) is 0 Å². The van der Waals surface area contributed by atoms with Gasteiger partial charge in [-0.1, -0.05) is 11.6 Å². The number of nitrogens with one attached hydrogen (secondary N) is 1. The van der Waals surface area contributed by atoms with Gasteiger partial charge in [0.2, 0.25) is 0 Å². The number of halogens is 1. The zero-order valence-corrected chi connectivity index (χ0v) is 10.8. The lowest BCUT2D eigenvalue weighted by molar-refractivity contribution is 0.258. The molecule has 96 valence electrons. The zero-order valence-electron chi connectivity index (χ0n) is 10.1. The van der Waals surface area contributed by atoms with Gasteiger partial charge in [-0.2, -0.15) is 5.26 Å². The topological polar surface area (TPSA) is 78.0 Å². The SMILES string of the molecule is N#CCCN(Cc1nc(NN)ccc1Cl)C1CC1. The molecule has 0 spiro atoms. The van der Waals surface area contributed by atoms with Gasteiger partial charge in [0.05, 0.1) is 16.8 Å². The Balaban J connectivity index is 2.07. The van der Waals surface area contributed by atoms with E-state index in [0.29, 0.717) is 29.8 Å². The summed E-state index contributed by atoms with van der Waals surface area (Å²) in [4.78, 5) is 6.62. The van der Waals surface area contributed by atoms with Crippen molar-refractivity contribution in [2.75, 3.05) is 12.0 Å². The smallest absolute Gasteiger partial charge is 0.140 e. The Kier molecular flexibility index (Phi) is 4.37. The largest absolute Gasteiger partial charge is 0.308 e. The first-order valence-corrected chi connectivity index (χ1v) is 6.35. The fourth-order valence-electron chi connectivity index (χ4n) is 1.89. The molecule has 0 radical (unpaired) electrons. The van der Waals surface area contributed by atoms with Gasteiger partial charge in [0, 0.05) is 25.6 Å². The number of aromatic nitrogens is 1. The van der Waals surface area contributed by atoms with Crippen LogP contribution in [0, 0.1) is 11.3 Å². The van der Waals surface area contributed by atoms with Crippen molar-refractivity contribution in [3.63, 3.8) is 0 Å². The highest BCUT2D eigenvalue weighted by Crippen LogP contribution is 2.29. The molecule has 0 bridgehead atoms. The van der Waals surface area contributed by atoms with Gasteiger partial charge in [0.15, 0.2) is 0 Å². The summed E-state index contributed by atoms with van der Waals surface area (Å²) < 4.78 is 0. The molecule has 18 heavy (non-hydrogen) atoms. The van der Waals surface area contributed by atoms with Crippen LogP contribution in [0.2, 0.25) is 5.02 Å². The Morgan fingerprint density at radius 2 is 2.33 bits per heavy atom. The van der Waals surface area contributed by atoms with Crippen molar-refractivity contribution in [2.45, 2.75) is 31.8 Å². The number of hydrogen-bond acceptors (Lipinski definition) is 5. The Hall–Kier alpha value is -1.35. The van der Waals surface area contributed by atoms with E-state index in [9.17, 15) is 0 Å². The van der Waals surface area contributed by atoms with Gasteiger partial charge in [0.25, 0.3) is 0 Å². The molecule has 0 unspecified atom stereocenters. The van der Waals surface area contributed by atoms with Crippen LogP contribution in [0.3, 0.4) is 0 Å². The summed E-state index contributed by atoms with van der Waals surface area (Å²) in [6, 6.07) is 6.28. The van der Waals surface area contributed by atoms with Crippen molar-refractivity contribution in [1.82, 2.24) is 9.88 Å². The molecule has 5 nitrogen and oxygen atoms in total. The van der Waals surface area contributed by atoms with Crippen LogP contribution in [0.1, 0.15) is 25.0 Å². The Morgan fingerprint density at radius 3 is 2.94 bits per heavy atom. The lowest BCUT2D eigenvalue weighted by Crippen LogP contribution is -2.27. The van der Waals surface area contributed by atoms with E-state index < -0.39 is 0 Å². The van der Waals surface area contributed by atoms with Crippen LogP contribution in [-0.2, 0) is 6.54 Å². The van der Waals surface area contributed by atoms with Gasteiger partial charge < -0.3 is 5.43 Å². The predicted molar refractivity (Wildman–Crippen MR) is 70.7 cm³/mol. The first-order chi connectivity index (χ1) is 8.74. The highest BCUT2D eigenvalue weighted by atomic mass is 35.5. The monoisotopic (exact) mass is 265 g/mol. The summed E-state index contributed by atoms with van der Waals surface area (Å²) in [6.45, 7) is 1.43. The first-order valence-electron chi connectivity index (χ1n) is 5.97. The Labute approximate surface area is 112 Å². The molecule has 1 aromatic heterocycles. The Morgan fingerprint density at radius 1 is 1.56 bits per heavy atom. The van der Waals surface area contributed by atoms with Crippen molar-refractivity contribution < 1.29 is 0 Å². The fourth-order valence-corrected chi connectivity index (χ4v) is 2.06. The zero-order chi connectivity index (χ0) is 13.0. The molecule has 1 fully saturated rings. The molecule has 6 heteroatoms. The molecular weight excluding hydrogens is 250 g/mol. The maximum absolute atomic E-state index is 8.68. The van der Waals surface area contributed by atoms with E-state index in [1.54, 1.807) is 12.1 Å². The summed E-state index contributed by atoms with van der Waals surface area (Å²) in [5, 5.41) is 9.31. The second kappa shape index (κ2) is 6.01. The maximum atomic E-state index is 8.68. The average Bonchev–Trinajstić information content (AvgIpc) is 3.21. The number of nitrogen functional groups attached to an aromatic ring is 1. The molecule has 0 saturated heterocycles. The van der Waals surface area contributed by atoms with E-state index in [-0.39, 0.29) is 0 Å². The maximum Gasteiger partial charge on any atom is 0.140 e. The van der Waals surface area contributed by atoms with Gasteiger partial charge in [-0.05, 0) is 25.0 Å². The third-order valence-electron chi connectivity index (χ3n) is 2.99. The third kappa shape index (κ3) is 3.33. The number of nitrogens with zero attached hydrogens (tertiary/aromatic N) is 3. The molecular formula is C12H16ClN5. The highest BCUT2D eigenvalue weighted by molar-refractivity contribution is 6.31. The molecule has 1 heterocycles. The van der Waals surface area contributed by atoms with Crippen LogP contribution in [-0.4, -0.2) is 22.5 Å². The minimum Gasteiger partial charge on any atom is -0.308 e. The molecule has 1 aliphatic carbocycles. The van der Waals surface area contributed by atoms with Crippen molar-refractivity contribution in [1.29, 1.82) is 5.26 Å². The average molecular weight is 266 g/mol. The van der Waals surface area contributed by atoms with Gasteiger partial charge >= 0.3 is 0 Å². The standard InChI is InChI=1S/C12H16ClN5/c13-10-4-5-12(17-15)16-11(10)8-18(7-1-6-14)9-2-3-9/h4-5,9H,1-3,7-8,15H2,(H,16,17). The van der Waals surface area contributed by atoms with E-state index in [0.717, 1.165) is 12.2 Å². The first kappa shape index (κ1) is 13.1. The van der Waals surface area contributed by atoms with Crippen molar-refractivity contribution >= 4 is 17.4 Å². The second-order valence-electron chi connectivity index (χ2n) is 4.38. The fraction of sp³-hybridized carbons (Fsp3) is 0.500. The number of pyridine rings is 1. The van der Waals surface area contributed by atoms with Crippen molar-refractivity contribution in [2.24, 2.45) is 5.84 Å². The summed E-state index contributed by atoms with van der Waals surface area (Å²) in [7, 11) is 0. The summed E-state index contributed by atoms with van der Waals surface area (Å²) >= 11 is 6.13. The van der Waals surface area contributed by atoms with Gasteiger partial charge in [-0.25, -0.2) is 10.8 Å². The van der Waals surface area contributed by atoms with Gasteiger partial charge in [0.1, 0.15) is 5.82 Å². The number of hydrazine groups is 1. The van der Waals surface area contributed by atoms with Crippen LogP contribution in [0.15, 0.2) is 12.1 Å². The molecule has 0 amide bonds.